The van der Waals surface area contributed by atoms with E-state index in [1.54, 1.807) is 7.11 Å². The van der Waals surface area contributed by atoms with E-state index in [9.17, 15) is 4.79 Å². The Morgan fingerprint density at radius 3 is 2.13 bits per heavy atom. The molecule has 1 atom stereocenters. The van der Waals surface area contributed by atoms with Crippen LogP contribution in [0.3, 0.4) is 0 Å². The Morgan fingerprint density at radius 2 is 1.55 bits per heavy atom. The molecule has 1 amide bonds. The van der Waals surface area contributed by atoms with Crippen molar-refractivity contribution in [2.24, 2.45) is 0 Å². The first-order valence-corrected chi connectivity index (χ1v) is 10.3. The third kappa shape index (κ3) is 7.60. The fourth-order valence-electron chi connectivity index (χ4n) is 3.80. The van der Waals surface area contributed by atoms with Gasteiger partial charge in [-0.15, -0.1) is 24.8 Å². The number of anilines is 1. The molecule has 1 heterocycles. The summed E-state index contributed by atoms with van der Waals surface area (Å²) >= 11 is 0. The van der Waals surface area contributed by atoms with Crippen molar-refractivity contribution in [1.82, 2.24) is 10.2 Å². The molecule has 1 N–H and O–H groups in total. The molecule has 5 nitrogen and oxygen atoms in total. The van der Waals surface area contributed by atoms with Crippen LogP contribution in [0.1, 0.15) is 32.3 Å². The Kier molecular flexibility index (Phi) is 10.6. The number of para-hydroxylation sites is 2. The van der Waals surface area contributed by atoms with Crippen molar-refractivity contribution in [3.8, 4) is 5.75 Å². The molecule has 0 aliphatic carbocycles. The van der Waals surface area contributed by atoms with Gasteiger partial charge in [0.2, 0.25) is 5.91 Å². The number of hydrogen-bond donors (Lipinski definition) is 1. The van der Waals surface area contributed by atoms with Crippen molar-refractivity contribution in [3.05, 3.63) is 60.2 Å². The molecule has 172 valence electrons. The van der Waals surface area contributed by atoms with E-state index in [2.05, 4.69) is 33.3 Å². The first kappa shape index (κ1) is 27.1. The fraction of sp³-hybridized carbons (Fsp3) is 0.458. The smallest absolute Gasteiger partial charge is 0.229 e. The first-order chi connectivity index (χ1) is 13.9. The lowest BCUT2D eigenvalue weighted by atomic mass is 9.95. The van der Waals surface area contributed by atoms with Crippen LogP contribution in [0.25, 0.3) is 0 Å². The Hall–Kier alpha value is -1.95. The summed E-state index contributed by atoms with van der Waals surface area (Å²) < 4.78 is 5.52. The van der Waals surface area contributed by atoms with Gasteiger partial charge in [0.05, 0.1) is 18.7 Å². The van der Waals surface area contributed by atoms with E-state index >= 15 is 0 Å². The number of nitrogens with one attached hydrogen (secondary N) is 1. The van der Waals surface area contributed by atoms with Gasteiger partial charge in [0.25, 0.3) is 0 Å². The second-order valence-electron chi connectivity index (χ2n) is 8.66. The average molecular weight is 468 g/mol. The molecule has 0 aromatic heterocycles. The molecular weight excluding hydrogens is 433 g/mol. The molecule has 1 unspecified atom stereocenters. The van der Waals surface area contributed by atoms with Gasteiger partial charge < -0.3 is 15.0 Å². The molecule has 7 heteroatoms. The number of methoxy groups -OCH3 is 1. The summed E-state index contributed by atoms with van der Waals surface area (Å²) in [5.74, 6) is 0.830. The zero-order valence-electron chi connectivity index (χ0n) is 18.8. The monoisotopic (exact) mass is 467 g/mol. The maximum absolute atomic E-state index is 13.0. The number of amides is 1. The highest BCUT2D eigenvalue weighted by molar-refractivity contribution is 5.86. The summed E-state index contributed by atoms with van der Waals surface area (Å²) in [5, 5.41) is 3.16. The number of carbonyl (C=O) groups excluding carboxylic acids is 1. The Balaban J connectivity index is 0.00000240. The van der Waals surface area contributed by atoms with E-state index in [0.29, 0.717) is 0 Å². The largest absolute Gasteiger partial charge is 0.495 e. The molecule has 1 aliphatic rings. The van der Waals surface area contributed by atoms with Crippen molar-refractivity contribution < 1.29 is 9.53 Å². The molecule has 1 fully saturated rings. The lowest BCUT2D eigenvalue weighted by Crippen LogP contribution is -2.50. The minimum absolute atomic E-state index is 0. The molecule has 31 heavy (non-hydrogen) atoms. The second-order valence-corrected chi connectivity index (χ2v) is 8.66. The molecule has 1 aliphatic heterocycles. The highest BCUT2D eigenvalue weighted by Gasteiger charge is 2.28. The summed E-state index contributed by atoms with van der Waals surface area (Å²) in [6, 6.07) is 18.3. The number of benzene rings is 2. The predicted molar refractivity (Wildman–Crippen MR) is 133 cm³/mol. The van der Waals surface area contributed by atoms with E-state index in [0.717, 1.165) is 49.7 Å². The molecular formula is C24H35Cl2N3O2. The summed E-state index contributed by atoms with van der Waals surface area (Å²) in [4.78, 5) is 17.8. The number of rotatable bonds is 6. The number of piperazine rings is 1. The van der Waals surface area contributed by atoms with Gasteiger partial charge in [-0.2, -0.15) is 0 Å². The Morgan fingerprint density at radius 1 is 0.968 bits per heavy atom. The quantitative estimate of drug-likeness (QED) is 0.685. The molecule has 0 saturated carbocycles. The summed E-state index contributed by atoms with van der Waals surface area (Å²) in [5.41, 5.74) is 1.97. The van der Waals surface area contributed by atoms with Crippen LogP contribution in [0.15, 0.2) is 54.6 Å². The highest BCUT2D eigenvalue weighted by atomic mass is 35.5. The average Bonchev–Trinajstić information content (AvgIpc) is 2.72. The fourth-order valence-corrected chi connectivity index (χ4v) is 3.80. The third-order valence-electron chi connectivity index (χ3n) is 5.26. The number of carbonyl (C=O) groups is 1. The van der Waals surface area contributed by atoms with Crippen LogP contribution in [-0.4, -0.2) is 56.2 Å². The molecule has 2 aromatic carbocycles. The summed E-state index contributed by atoms with van der Waals surface area (Å²) in [6.45, 7) is 10.5. The molecule has 1 saturated heterocycles. The minimum atomic E-state index is -0.243. The van der Waals surface area contributed by atoms with Crippen LogP contribution >= 0.6 is 24.8 Å². The number of nitrogens with zero attached hydrogens (tertiary/aromatic N) is 2. The normalized spacial score (nSPS) is 15.3. The Labute approximate surface area is 199 Å². The van der Waals surface area contributed by atoms with E-state index < -0.39 is 0 Å². The van der Waals surface area contributed by atoms with Crippen molar-refractivity contribution in [2.75, 3.05) is 44.7 Å². The lowest BCUT2D eigenvalue weighted by Gasteiger charge is -2.38. The maximum Gasteiger partial charge on any atom is 0.229 e. The van der Waals surface area contributed by atoms with E-state index in [1.807, 2.05) is 57.2 Å². The van der Waals surface area contributed by atoms with Gasteiger partial charge in [-0.3, -0.25) is 9.69 Å². The molecule has 3 rings (SSSR count). The van der Waals surface area contributed by atoms with E-state index in [1.165, 1.54) is 0 Å². The van der Waals surface area contributed by atoms with Crippen LogP contribution in [0.4, 0.5) is 5.69 Å². The molecule has 0 bridgehead atoms. The highest BCUT2D eigenvalue weighted by Crippen LogP contribution is 2.29. The van der Waals surface area contributed by atoms with Gasteiger partial charge in [-0.05, 0) is 38.5 Å². The van der Waals surface area contributed by atoms with Crippen LogP contribution in [-0.2, 0) is 4.79 Å². The number of hydrogen-bond acceptors (Lipinski definition) is 4. The zero-order valence-corrected chi connectivity index (χ0v) is 20.5. The van der Waals surface area contributed by atoms with E-state index in [-0.39, 0.29) is 42.2 Å². The third-order valence-corrected chi connectivity index (χ3v) is 5.26. The van der Waals surface area contributed by atoms with Crippen LogP contribution in [0.5, 0.6) is 5.75 Å². The van der Waals surface area contributed by atoms with E-state index in [4.69, 9.17) is 4.74 Å². The molecule has 0 radical (unpaired) electrons. The van der Waals surface area contributed by atoms with Crippen LogP contribution in [0, 0.1) is 0 Å². The van der Waals surface area contributed by atoms with Crippen LogP contribution < -0.4 is 15.0 Å². The van der Waals surface area contributed by atoms with Crippen molar-refractivity contribution in [1.29, 1.82) is 0 Å². The van der Waals surface area contributed by atoms with Gasteiger partial charge in [0.1, 0.15) is 5.75 Å². The summed E-state index contributed by atoms with van der Waals surface area (Å²) in [7, 11) is 1.72. The van der Waals surface area contributed by atoms with Crippen molar-refractivity contribution >= 4 is 36.4 Å². The van der Waals surface area contributed by atoms with Crippen LogP contribution in [0.2, 0.25) is 0 Å². The first-order valence-electron chi connectivity index (χ1n) is 10.3. The van der Waals surface area contributed by atoms with Crippen molar-refractivity contribution in [3.63, 3.8) is 0 Å². The molecule has 2 aromatic rings. The SMILES string of the molecule is COc1ccccc1N1CCN(CC(C(=O)NC(C)(C)C)c2ccccc2)CC1.Cl.Cl. The van der Waals surface area contributed by atoms with Gasteiger partial charge in [-0.25, -0.2) is 0 Å². The predicted octanol–water partition coefficient (Wildman–Crippen LogP) is 4.36. The minimum Gasteiger partial charge on any atom is -0.495 e. The topological polar surface area (TPSA) is 44.8 Å². The van der Waals surface area contributed by atoms with Gasteiger partial charge in [0.15, 0.2) is 0 Å². The standard InChI is InChI=1S/C24H33N3O2.2ClH/c1-24(2,3)25-23(28)20(19-10-6-5-7-11-19)18-26-14-16-27(17-15-26)21-12-8-9-13-22(21)29-4;;/h5-13,20H,14-18H2,1-4H3,(H,25,28);2*1H. The van der Waals surface area contributed by atoms with Gasteiger partial charge >= 0.3 is 0 Å². The number of halogens is 2. The second kappa shape index (κ2) is 12.2. The zero-order chi connectivity index (χ0) is 20.9. The van der Waals surface area contributed by atoms with Crippen molar-refractivity contribution in [2.45, 2.75) is 32.2 Å². The number of ether oxygens (including phenoxy) is 1. The van der Waals surface area contributed by atoms with Gasteiger partial charge in [0, 0.05) is 38.3 Å². The maximum atomic E-state index is 13.0. The Bertz CT molecular complexity index is 804. The summed E-state index contributed by atoms with van der Waals surface area (Å²) in [6.07, 6.45) is 0. The van der Waals surface area contributed by atoms with Gasteiger partial charge in [-0.1, -0.05) is 42.5 Å². The lowest BCUT2D eigenvalue weighted by molar-refractivity contribution is -0.124. The molecule has 0 spiro atoms.